The van der Waals surface area contributed by atoms with Crippen LogP contribution in [0.1, 0.15) is 10.4 Å². The van der Waals surface area contributed by atoms with E-state index >= 15 is 0 Å². The first kappa shape index (κ1) is 19.1. The lowest BCUT2D eigenvalue weighted by atomic mass is 10.1. The molecule has 1 aromatic heterocycles. The first-order valence-electron chi connectivity index (χ1n) is 9.54. The van der Waals surface area contributed by atoms with Gasteiger partial charge >= 0.3 is 0 Å². The first-order valence-corrected chi connectivity index (χ1v) is 9.91. The number of ether oxygens (including phenoxy) is 1. The molecule has 0 atom stereocenters. The molecular weight excluding hydrogens is 380 g/mol. The highest BCUT2D eigenvalue weighted by molar-refractivity contribution is 6.36. The van der Waals surface area contributed by atoms with Crippen molar-refractivity contribution in [3.05, 3.63) is 41.0 Å². The van der Waals surface area contributed by atoms with Gasteiger partial charge in [-0.05, 0) is 24.3 Å². The largest absolute Gasteiger partial charge is 0.378 e. The zero-order valence-electron chi connectivity index (χ0n) is 15.6. The van der Waals surface area contributed by atoms with Gasteiger partial charge in [0.25, 0.3) is 5.91 Å². The van der Waals surface area contributed by atoms with Gasteiger partial charge in [0.05, 0.1) is 35.9 Å². The molecule has 2 saturated heterocycles. The summed E-state index contributed by atoms with van der Waals surface area (Å²) in [5.41, 5.74) is 1.20. The van der Waals surface area contributed by atoms with Crippen LogP contribution in [0.15, 0.2) is 30.5 Å². The maximum absolute atomic E-state index is 13.0. The van der Waals surface area contributed by atoms with Gasteiger partial charge in [0.1, 0.15) is 0 Å². The van der Waals surface area contributed by atoms with Crippen LogP contribution in [0.5, 0.6) is 0 Å². The van der Waals surface area contributed by atoms with Crippen LogP contribution >= 0.6 is 11.6 Å². The number of halogens is 1. The van der Waals surface area contributed by atoms with Crippen LogP contribution < -0.4 is 0 Å². The molecule has 2 aliphatic rings. The monoisotopic (exact) mass is 402 g/mol. The van der Waals surface area contributed by atoms with Gasteiger partial charge in [0.2, 0.25) is 5.91 Å². The molecule has 2 aromatic rings. The zero-order chi connectivity index (χ0) is 19.5. The summed E-state index contributed by atoms with van der Waals surface area (Å²) in [5.74, 6) is 0.0931. The molecular formula is C20H23ClN4O3. The molecule has 0 radical (unpaired) electrons. The highest BCUT2D eigenvalue weighted by atomic mass is 35.5. The molecule has 1 aromatic carbocycles. The second-order valence-electron chi connectivity index (χ2n) is 7.06. The lowest BCUT2D eigenvalue weighted by Gasteiger charge is -2.36. The maximum atomic E-state index is 13.0. The smallest absolute Gasteiger partial charge is 0.256 e. The number of carbonyl (C=O) groups is 2. The Balaban J connectivity index is 1.38. The molecule has 2 amide bonds. The summed E-state index contributed by atoms with van der Waals surface area (Å²) >= 11 is 6.24. The Morgan fingerprint density at radius 3 is 2.50 bits per heavy atom. The van der Waals surface area contributed by atoms with E-state index in [1.807, 2.05) is 21.9 Å². The van der Waals surface area contributed by atoms with Gasteiger partial charge in [0, 0.05) is 50.9 Å². The van der Waals surface area contributed by atoms with E-state index < -0.39 is 0 Å². The van der Waals surface area contributed by atoms with E-state index in [1.54, 1.807) is 18.3 Å². The number of carbonyl (C=O) groups excluding carboxylic acids is 2. The van der Waals surface area contributed by atoms with E-state index in [-0.39, 0.29) is 11.8 Å². The van der Waals surface area contributed by atoms with E-state index in [0.29, 0.717) is 75.1 Å². The molecule has 2 fully saturated rings. The summed E-state index contributed by atoms with van der Waals surface area (Å²) in [5, 5.41) is 1.37. The molecule has 28 heavy (non-hydrogen) atoms. The van der Waals surface area contributed by atoms with Crippen molar-refractivity contribution < 1.29 is 14.3 Å². The normalized spacial score (nSPS) is 18.5. The van der Waals surface area contributed by atoms with E-state index in [1.165, 1.54) is 0 Å². The zero-order valence-corrected chi connectivity index (χ0v) is 16.4. The average molecular weight is 403 g/mol. The molecule has 3 heterocycles. The fourth-order valence-electron chi connectivity index (χ4n) is 3.69. The molecule has 0 spiro atoms. The number of fused-ring (bicyclic) bond motifs is 1. The quantitative estimate of drug-likeness (QED) is 0.778. The molecule has 0 N–H and O–H groups in total. The van der Waals surface area contributed by atoms with Gasteiger partial charge in [-0.15, -0.1) is 0 Å². The van der Waals surface area contributed by atoms with E-state index in [9.17, 15) is 9.59 Å². The van der Waals surface area contributed by atoms with Crippen molar-refractivity contribution in [2.75, 3.05) is 59.0 Å². The Kier molecular flexibility index (Phi) is 5.75. The third kappa shape index (κ3) is 3.97. The van der Waals surface area contributed by atoms with Crippen molar-refractivity contribution in [1.82, 2.24) is 19.7 Å². The number of amides is 2. The minimum absolute atomic E-state index is 0.0421. The first-order chi connectivity index (χ1) is 13.6. The lowest BCUT2D eigenvalue weighted by Crippen LogP contribution is -2.52. The fourth-order valence-corrected chi connectivity index (χ4v) is 3.91. The van der Waals surface area contributed by atoms with Crippen LogP contribution in [-0.4, -0.2) is 90.5 Å². The van der Waals surface area contributed by atoms with Crippen molar-refractivity contribution in [1.29, 1.82) is 0 Å². The Hall–Kier alpha value is -2.22. The number of aromatic nitrogens is 1. The number of nitrogens with zero attached hydrogens (tertiary/aromatic N) is 4. The predicted molar refractivity (Wildman–Crippen MR) is 106 cm³/mol. The van der Waals surface area contributed by atoms with E-state index in [2.05, 4.69) is 9.88 Å². The van der Waals surface area contributed by atoms with Crippen LogP contribution in [0.4, 0.5) is 0 Å². The summed E-state index contributed by atoms with van der Waals surface area (Å²) in [6, 6.07) is 7.17. The third-order valence-corrected chi connectivity index (χ3v) is 5.66. The predicted octanol–water partition coefficient (Wildman–Crippen LogP) is 1.50. The van der Waals surface area contributed by atoms with Crippen molar-refractivity contribution >= 4 is 34.3 Å². The Morgan fingerprint density at radius 2 is 1.75 bits per heavy atom. The second-order valence-corrected chi connectivity index (χ2v) is 7.46. The third-order valence-electron chi connectivity index (χ3n) is 5.33. The minimum atomic E-state index is -0.0421. The number of hydrogen-bond donors (Lipinski definition) is 0. The summed E-state index contributed by atoms with van der Waals surface area (Å²) < 4.78 is 5.30. The van der Waals surface area contributed by atoms with Crippen LogP contribution in [0.2, 0.25) is 5.02 Å². The number of benzene rings is 1. The van der Waals surface area contributed by atoms with Crippen molar-refractivity contribution in [3.8, 4) is 0 Å². The van der Waals surface area contributed by atoms with Crippen molar-refractivity contribution in [2.24, 2.45) is 0 Å². The highest BCUT2D eigenvalue weighted by Crippen LogP contribution is 2.26. The molecule has 2 aliphatic heterocycles. The number of piperazine rings is 1. The van der Waals surface area contributed by atoms with E-state index in [0.717, 1.165) is 5.39 Å². The summed E-state index contributed by atoms with van der Waals surface area (Å²) in [4.78, 5) is 35.6. The van der Waals surface area contributed by atoms with E-state index in [4.69, 9.17) is 16.3 Å². The van der Waals surface area contributed by atoms with Gasteiger partial charge in [-0.1, -0.05) is 11.6 Å². The summed E-state index contributed by atoms with van der Waals surface area (Å²) in [6.07, 6.45) is 1.67. The van der Waals surface area contributed by atoms with Crippen LogP contribution in [0.3, 0.4) is 0 Å². The Bertz CT molecular complexity index is 877. The summed E-state index contributed by atoms with van der Waals surface area (Å²) in [6.45, 7) is 5.48. The highest BCUT2D eigenvalue weighted by Gasteiger charge is 2.26. The van der Waals surface area contributed by atoms with Crippen molar-refractivity contribution in [2.45, 2.75) is 0 Å². The second kappa shape index (κ2) is 8.43. The van der Waals surface area contributed by atoms with Crippen molar-refractivity contribution in [3.63, 3.8) is 0 Å². The van der Waals surface area contributed by atoms with Gasteiger partial charge in [-0.2, -0.15) is 0 Å². The Labute approximate surface area is 168 Å². The number of pyridine rings is 1. The number of rotatable bonds is 3. The Morgan fingerprint density at radius 1 is 1.00 bits per heavy atom. The van der Waals surface area contributed by atoms with Gasteiger partial charge < -0.3 is 14.5 Å². The van der Waals surface area contributed by atoms with Gasteiger partial charge in [0.15, 0.2) is 0 Å². The molecule has 0 unspecified atom stereocenters. The SMILES string of the molecule is O=C(CN1CCN(C(=O)c2ccc(Cl)c3cccnc23)CC1)N1CCOCC1. The van der Waals surface area contributed by atoms with Crippen LogP contribution in [-0.2, 0) is 9.53 Å². The standard InChI is InChI=1S/C20H23ClN4O3/c21-17-4-3-16(19-15(17)2-1-5-22-19)20(27)25-8-6-23(7-9-25)14-18(26)24-10-12-28-13-11-24/h1-5H,6-14H2. The maximum Gasteiger partial charge on any atom is 0.256 e. The number of morpholine rings is 1. The molecule has 0 aliphatic carbocycles. The molecule has 7 nitrogen and oxygen atoms in total. The van der Waals surface area contributed by atoms with Gasteiger partial charge in [-0.3, -0.25) is 19.5 Å². The molecule has 148 valence electrons. The molecule has 4 rings (SSSR count). The average Bonchev–Trinajstić information content (AvgIpc) is 2.75. The number of hydrogen-bond acceptors (Lipinski definition) is 5. The minimum Gasteiger partial charge on any atom is -0.378 e. The molecule has 0 saturated carbocycles. The lowest BCUT2D eigenvalue weighted by molar-refractivity contribution is -0.136. The molecule has 8 heteroatoms. The van der Waals surface area contributed by atoms with Crippen LogP contribution in [0.25, 0.3) is 10.9 Å². The fraction of sp³-hybridized carbons (Fsp3) is 0.450. The molecule has 0 bridgehead atoms. The van der Waals surface area contributed by atoms with Crippen LogP contribution in [0, 0.1) is 0 Å². The van der Waals surface area contributed by atoms with Gasteiger partial charge in [-0.25, -0.2) is 0 Å². The topological polar surface area (TPSA) is 66.0 Å². The summed E-state index contributed by atoms with van der Waals surface area (Å²) in [7, 11) is 0.